The molecule has 4 heteroatoms. The summed E-state index contributed by atoms with van der Waals surface area (Å²) in [5, 5.41) is 0. The average Bonchev–Trinajstić information content (AvgIpc) is 2.96. The van der Waals surface area contributed by atoms with Crippen LogP contribution in [0.5, 0.6) is 0 Å². The highest BCUT2D eigenvalue weighted by Gasteiger charge is 2.14. The third-order valence-corrected chi connectivity index (χ3v) is 4.00. The van der Waals surface area contributed by atoms with E-state index in [4.69, 9.17) is 4.98 Å². The van der Waals surface area contributed by atoms with E-state index in [0.717, 1.165) is 32.7 Å². The number of halogens is 1. The molecule has 22 heavy (non-hydrogen) atoms. The fraction of sp³-hybridized carbons (Fsp3) is 0. The van der Waals surface area contributed by atoms with Crippen LogP contribution in [0.1, 0.15) is 0 Å². The number of pyridine rings is 1. The second-order valence-electron chi connectivity index (χ2n) is 4.96. The standard InChI is InChI=1S/C18H12BrN3/c19-13-10-11-16(20-12-13)18-21-15-8-4-5-9-17(15)22(18)14-6-2-1-3-7-14/h1-12H. The largest absolute Gasteiger partial charge is 0.291 e. The van der Waals surface area contributed by atoms with Gasteiger partial charge in [0.1, 0.15) is 5.69 Å². The zero-order chi connectivity index (χ0) is 14.9. The Labute approximate surface area is 136 Å². The first-order valence-corrected chi connectivity index (χ1v) is 7.77. The van der Waals surface area contributed by atoms with Gasteiger partial charge in [0, 0.05) is 16.4 Å². The van der Waals surface area contributed by atoms with Gasteiger partial charge in [-0.25, -0.2) is 4.98 Å². The number of para-hydroxylation sites is 3. The van der Waals surface area contributed by atoms with Crippen LogP contribution in [0.4, 0.5) is 0 Å². The van der Waals surface area contributed by atoms with Gasteiger partial charge >= 0.3 is 0 Å². The molecule has 0 saturated carbocycles. The topological polar surface area (TPSA) is 30.7 Å². The van der Waals surface area contributed by atoms with Crippen LogP contribution in [0.15, 0.2) is 77.4 Å². The molecule has 0 aliphatic rings. The molecule has 0 radical (unpaired) electrons. The molecule has 0 N–H and O–H groups in total. The van der Waals surface area contributed by atoms with Crippen molar-refractivity contribution < 1.29 is 0 Å². The van der Waals surface area contributed by atoms with E-state index >= 15 is 0 Å². The predicted molar refractivity (Wildman–Crippen MR) is 92.0 cm³/mol. The van der Waals surface area contributed by atoms with Crippen molar-refractivity contribution in [3.05, 3.63) is 77.4 Å². The van der Waals surface area contributed by atoms with E-state index in [1.807, 2.05) is 48.5 Å². The second kappa shape index (κ2) is 5.39. The number of rotatable bonds is 2. The van der Waals surface area contributed by atoms with E-state index in [-0.39, 0.29) is 0 Å². The second-order valence-corrected chi connectivity index (χ2v) is 5.87. The van der Waals surface area contributed by atoms with Crippen LogP contribution in [-0.4, -0.2) is 14.5 Å². The molecule has 0 bridgehead atoms. The molecule has 0 unspecified atom stereocenters. The summed E-state index contributed by atoms with van der Waals surface area (Å²) >= 11 is 3.43. The Morgan fingerprint density at radius 1 is 0.818 bits per heavy atom. The lowest BCUT2D eigenvalue weighted by atomic mass is 10.2. The van der Waals surface area contributed by atoms with Gasteiger partial charge in [-0.15, -0.1) is 0 Å². The van der Waals surface area contributed by atoms with E-state index in [0.29, 0.717) is 0 Å². The first-order valence-electron chi connectivity index (χ1n) is 6.98. The quantitative estimate of drug-likeness (QED) is 0.517. The molecule has 2 heterocycles. The fourth-order valence-corrected chi connectivity index (χ4v) is 2.78. The highest BCUT2D eigenvalue weighted by atomic mass is 79.9. The minimum Gasteiger partial charge on any atom is -0.291 e. The molecular weight excluding hydrogens is 338 g/mol. The van der Waals surface area contributed by atoms with Crippen LogP contribution < -0.4 is 0 Å². The molecular formula is C18H12BrN3. The lowest BCUT2D eigenvalue weighted by Crippen LogP contribution is -1.98. The van der Waals surface area contributed by atoms with Gasteiger partial charge in [-0.1, -0.05) is 30.3 Å². The fourth-order valence-electron chi connectivity index (χ4n) is 2.54. The molecule has 4 rings (SSSR count). The van der Waals surface area contributed by atoms with E-state index in [1.165, 1.54) is 0 Å². The molecule has 3 nitrogen and oxygen atoms in total. The highest BCUT2D eigenvalue weighted by molar-refractivity contribution is 9.10. The third kappa shape index (κ3) is 2.22. The first-order chi connectivity index (χ1) is 10.8. The maximum absolute atomic E-state index is 4.77. The summed E-state index contributed by atoms with van der Waals surface area (Å²) in [5.74, 6) is 0.847. The van der Waals surface area contributed by atoms with E-state index < -0.39 is 0 Å². The molecule has 0 aliphatic carbocycles. The van der Waals surface area contributed by atoms with E-state index in [9.17, 15) is 0 Å². The highest BCUT2D eigenvalue weighted by Crippen LogP contribution is 2.27. The molecule has 2 aromatic carbocycles. The Morgan fingerprint density at radius 3 is 2.36 bits per heavy atom. The van der Waals surface area contributed by atoms with Crippen LogP contribution in [0.25, 0.3) is 28.2 Å². The van der Waals surface area contributed by atoms with E-state index in [2.05, 4.69) is 43.7 Å². The normalized spacial score (nSPS) is 11.0. The minimum absolute atomic E-state index is 0.847. The van der Waals surface area contributed by atoms with Crippen molar-refractivity contribution in [3.8, 4) is 17.2 Å². The van der Waals surface area contributed by atoms with Crippen LogP contribution in [0.2, 0.25) is 0 Å². The molecule has 4 aromatic rings. The first kappa shape index (κ1) is 13.2. The Bertz CT molecular complexity index is 928. The van der Waals surface area contributed by atoms with Crippen LogP contribution in [-0.2, 0) is 0 Å². The molecule has 106 valence electrons. The molecule has 2 aromatic heterocycles. The Balaban J connectivity index is 2.04. The van der Waals surface area contributed by atoms with Gasteiger partial charge in [0.25, 0.3) is 0 Å². The maximum Gasteiger partial charge on any atom is 0.164 e. The zero-order valence-corrected chi connectivity index (χ0v) is 13.2. The maximum atomic E-state index is 4.77. The summed E-state index contributed by atoms with van der Waals surface area (Å²) in [6.45, 7) is 0. The van der Waals surface area contributed by atoms with Crippen LogP contribution in [0, 0.1) is 0 Å². The van der Waals surface area contributed by atoms with Crippen molar-refractivity contribution in [2.45, 2.75) is 0 Å². The van der Waals surface area contributed by atoms with Gasteiger partial charge in [0.05, 0.1) is 11.0 Å². The predicted octanol–water partition coefficient (Wildman–Crippen LogP) is 4.85. The van der Waals surface area contributed by atoms with Gasteiger partial charge in [0.2, 0.25) is 0 Å². The number of aromatic nitrogens is 3. The number of hydrogen-bond donors (Lipinski definition) is 0. The summed E-state index contributed by atoms with van der Waals surface area (Å²) in [4.78, 5) is 9.27. The Kier molecular flexibility index (Phi) is 3.24. The van der Waals surface area contributed by atoms with Gasteiger partial charge < -0.3 is 0 Å². The number of hydrogen-bond acceptors (Lipinski definition) is 2. The summed E-state index contributed by atoms with van der Waals surface area (Å²) < 4.78 is 3.10. The molecule has 0 atom stereocenters. The number of fused-ring (bicyclic) bond motifs is 1. The van der Waals surface area contributed by atoms with Crippen molar-refractivity contribution in [2.75, 3.05) is 0 Å². The lowest BCUT2D eigenvalue weighted by Gasteiger charge is -2.08. The van der Waals surface area contributed by atoms with Gasteiger partial charge in [-0.3, -0.25) is 9.55 Å². The molecule has 0 amide bonds. The zero-order valence-electron chi connectivity index (χ0n) is 11.6. The van der Waals surface area contributed by atoms with Crippen LogP contribution in [0.3, 0.4) is 0 Å². The number of imidazole rings is 1. The Hall–Kier alpha value is -2.46. The van der Waals surface area contributed by atoms with Gasteiger partial charge in [0.15, 0.2) is 5.82 Å². The lowest BCUT2D eigenvalue weighted by molar-refractivity contribution is 1.08. The van der Waals surface area contributed by atoms with Crippen LogP contribution >= 0.6 is 15.9 Å². The van der Waals surface area contributed by atoms with Crippen molar-refractivity contribution in [3.63, 3.8) is 0 Å². The van der Waals surface area contributed by atoms with Gasteiger partial charge in [-0.2, -0.15) is 0 Å². The smallest absolute Gasteiger partial charge is 0.164 e. The number of benzene rings is 2. The van der Waals surface area contributed by atoms with Crippen molar-refractivity contribution in [2.24, 2.45) is 0 Å². The molecule has 0 spiro atoms. The summed E-state index contributed by atoms with van der Waals surface area (Å²) in [7, 11) is 0. The monoisotopic (exact) mass is 349 g/mol. The third-order valence-electron chi connectivity index (χ3n) is 3.53. The summed E-state index contributed by atoms with van der Waals surface area (Å²) in [5.41, 5.74) is 3.97. The number of nitrogens with zero attached hydrogens (tertiary/aromatic N) is 3. The SMILES string of the molecule is Brc1ccc(-c2nc3ccccc3n2-c2ccccc2)nc1. The minimum atomic E-state index is 0.847. The van der Waals surface area contributed by atoms with Crippen molar-refractivity contribution >= 4 is 27.0 Å². The molecule has 0 fully saturated rings. The average molecular weight is 350 g/mol. The molecule has 0 saturated heterocycles. The van der Waals surface area contributed by atoms with E-state index in [1.54, 1.807) is 6.20 Å². The summed E-state index contributed by atoms with van der Waals surface area (Å²) in [6, 6.07) is 22.3. The van der Waals surface area contributed by atoms with Crippen molar-refractivity contribution in [1.82, 2.24) is 14.5 Å². The molecule has 0 aliphatic heterocycles. The summed E-state index contributed by atoms with van der Waals surface area (Å²) in [6.07, 6.45) is 1.80. The Morgan fingerprint density at radius 2 is 1.59 bits per heavy atom. The van der Waals surface area contributed by atoms with Gasteiger partial charge in [-0.05, 0) is 52.3 Å². The van der Waals surface area contributed by atoms with Crippen molar-refractivity contribution in [1.29, 1.82) is 0 Å².